The summed E-state index contributed by atoms with van der Waals surface area (Å²) in [7, 11) is 0. The molecule has 1 aromatic rings. The van der Waals surface area contributed by atoms with Gasteiger partial charge in [0.2, 0.25) is 11.8 Å². The maximum Gasteiger partial charge on any atom is 0.242 e. The van der Waals surface area contributed by atoms with E-state index < -0.39 is 0 Å². The molecule has 0 bridgehead atoms. The molecule has 3 fully saturated rings. The Labute approximate surface area is 130 Å². The van der Waals surface area contributed by atoms with E-state index in [-0.39, 0.29) is 23.7 Å². The van der Waals surface area contributed by atoms with Crippen molar-refractivity contribution in [3.05, 3.63) is 35.9 Å². The van der Waals surface area contributed by atoms with Crippen LogP contribution >= 0.6 is 0 Å². The molecular formula is C18H22N2O2. The van der Waals surface area contributed by atoms with Crippen LogP contribution in [0.4, 0.5) is 0 Å². The molecule has 22 heavy (non-hydrogen) atoms. The summed E-state index contributed by atoms with van der Waals surface area (Å²) in [5, 5.41) is 0. The van der Waals surface area contributed by atoms with Crippen LogP contribution < -0.4 is 10.9 Å². The first-order valence-corrected chi connectivity index (χ1v) is 8.40. The quantitative estimate of drug-likeness (QED) is 0.842. The van der Waals surface area contributed by atoms with Gasteiger partial charge < -0.3 is 0 Å². The number of fused-ring (bicyclic) bond motifs is 1. The van der Waals surface area contributed by atoms with Crippen LogP contribution in [0.3, 0.4) is 0 Å². The highest BCUT2D eigenvalue weighted by Crippen LogP contribution is 2.55. The van der Waals surface area contributed by atoms with Crippen molar-refractivity contribution in [3.63, 3.8) is 0 Å². The molecule has 4 heteroatoms. The van der Waals surface area contributed by atoms with E-state index >= 15 is 0 Å². The van der Waals surface area contributed by atoms with E-state index in [9.17, 15) is 9.59 Å². The Kier molecular flexibility index (Phi) is 3.40. The predicted octanol–water partition coefficient (Wildman–Crippen LogP) is 2.37. The van der Waals surface area contributed by atoms with Crippen molar-refractivity contribution in [3.8, 4) is 0 Å². The van der Waals surface area contributed by atoms with Gasteiger partial charge in [0, 0.05) is 11.8 Å². The molecule has 2 amide bonds. The lowest BCUT2D eigenvalue weighted by molar-refractivity contribution is -0.130. The summed E-state index contributed by atoms with van der Waals surface area (Å²) in [6.07, 6.45) is 5.72. The van der Waals surface area contributed by atoms with Crippen molar-refractivity contribution in [2.75, 3.05) is 0 Å². The van der Waals surface area contributed by atoms with Crippen molar-refractivity contribution in [1.29, 1.82) is 0 Å². The molecule has 0 unspecified atom stereocenters. The first-order chi connectivity index (χ1) is 10.8. The van der Waals surface area contributed by atoms with E-state index in [1.807, 2.05) is 18.2 Å². The zero-order chi connectivity index (χ0) is 15.1. The first-order valence-electron chi connectivity index (χ1n) is 8.40. The molecular weight excluding hydrogens is 276 g/mol. The molecule has 4 rings (SSSR count). The van der Waals surface area contributed by atoms with Crippen molar-refractivity contribution < 1.29 is 9.59 Å². The topological polar surface area (TPSA) is 58.2 Å². The second-order valence-electron chi connectivity index (χ2n) is 6.98. The zero-order valence-electron chi connectivity index (χ0n) is 12.6. The minimum Gasteiger partial charge on any atom is -0.273 e. The Morgan fingerprint density at radius 3 is 2.23 bits per heavy atom. The van der Waals surface area contributed by atoms with Gasteiger partial charge >= 0.3 is 0 Å². The van der Waals surface area contributed by atoms with Crippen LogP contribution in [-0.4, -0.2) is 11.8 Å². The van der Waals surface area contributed by atoms with Gasteiger partial charge in [-0.25, -0.2) is 0 Å². The fraction of sp³-hybridized carbons (Fsp3) is 0.556. The van der Waals surface area contributed by atoms with Crippen molar-refractivity contribution >= 4 is 11.8 Å². The van der Waals surface area contributed by atoms with Gasteiger partial charge in [0.15, 0.2) is 0 Å². The Bertz CT molecular complexity index is 574. The lowest BCUT2D eigenvalue weighted by Gasteiger charge is -2.07. The molecule has 116 valence electrons. The number of amides is 2. The van der Waals surface area contributed by atoms with E-state index in [4.69, 9.17) is 0 Å². The van der Waals surface area contributed by atoms with Gasteiger partial charge in [0.25, 0.3) is 0 Å². The third-order valence-electron chi connectivity index (χ3n) is 5.62. The highest BCUT2D eigenvalue weighted by molar-refractivity contribution is 5.88. The first kappa shape index (κ1) is 13.8. The Morgan fingerprint density at radius 1 is 0.909 bits per heavy atom. The minimum absolute atomic E-state index is 0.00387. The fourth-order valence-corrected chi connectivity index (χ4v) is 4.23. The second-order valence-corrected chi connectivity index (χ2v) is 6.98. The van der Waals surface area contributed by atoms with Crippen LogP contribution in [-0.2, 0) is 9.59 Å². The van der Waals surface area contributed by atoms with Crippen LogP contribution in [0.1, 0.15) is 43.6 Å². The number of carbonyl (C=O) groups is 2. The van der Waals surface area contributed by atoms with Gasteiger partial charge in [0.1, 0.15) is 0 Å². The average Bonchev–Trinajstić information content (AvgIpc) is 3.45. The number of benzene rings is 1. The average molecular weight is 298 g/mol. The van der Waals surface area contributed by atoms with Gasteiger partial charge in [-0.3, -0.25) is 20.4 Å². The van der Waals surface area contributed by atoms with E-state index in [1.54, 1.807) is 0 Å². The largest absolute Gasteiger partial charge is 0.273 e. The maximum atomic E-state index is 12.1. The van der Waals surface area contributed by atoms with Crippen molar-refractivity contribution in [2.24, 2.45) is 23.7 Å². The highest BCUT2D eigenvalue weighted by atomic mass is 16.2. The minimum atomic E-state index is -0.0502. The van der Waals surface area contributed by atoms with Gasteiger partial charge in [-0.15, -0.1) is 0 Å². The van der Waals surface area contributed by atoms with Crippen LogP contribution in [0.5, 0.6) is 0 Å². The SMILES string of the molecule is O=C(NNC(=O)[C@@H]1C[C@@H]1c1ccccc1)C1[C@H]2CCCC[C@H]12. The Hall–Kier alpha value is -1.84. The molecule has 0 aliphatic heterocycles. The Balaban J connectivity index is 1.25. The van der Waals surface area contributed by atoms with E-state index in [2.05, 4.69) is 23.0 Å². The molecule has 4 atom stereocenters. The van der Waals surface area contributed by atoms with Crippen LogP contribution in [0.25, 0.3) is 0 Å². The van der Waals surface area contributed by atoms with E-state index in [0.717, 1.165) is 6.42 Å². The van der Waals surface area contributed by atoms with Gasteiger partial charge in [-0.1, -0.05) is 43.2 Å². The van der Waals surface area contributed by atoms with Gasteiger partial charge in [0.05, 0.1) is 0 Å². The van der Waals surface area contributed by atoms with Crippen LogP contribution in [0.15, 0.2) is 30.3 Å². The lowest BCUT2D eigenvalue weighted by Crippen LogP contribution is -2.43. The molecule has 4 nitrogen and oxygen atoms in total. The summed E-state index contributed by atoms with van der Waals surface area (Å²) in [5.41, 5.74) is 6.50. The second kappa shape index (κ2) is 5.41. The maximum absolute atomic E-state index is 12.1. The molecule has 2 N–H and O–H groups in total. The molecule has 1 aromatic carbocycles. The monoisotopic (exact) mass is 298 g/mol. The summed E-state index contributed by atoms with van der Waals surface area (Å²) in [6.45, 7) is 0. The van der Waals surface area contributed by atoms with E-state index in [1.165, 1.54) is 31.2 Å². The molecule has 0 heterocycles. The standard InChI is InChI=1S/C18H22N2O2/c21-17(15-10-14(15)11-6-2-1-3-7-11)19-20-18(22)16-12-8-4-5-9-13(12)16/h1-3,6-7,12-16H,4-5,8-10H2,(H,19,21)(H,20,22)/t12-,13-,14+,15+/m0/s1. The third-order valence-corrected chi connectivity index (χ3v) is 5.62. The lowest BCUT2D eigenvalue weighted by atomic mass is 10.0. The predicted molar refractivity (Wildman–Crippen MR) is 82.5 cm³/mol. The number of hydrazine groups is 1. The van der Waals surface area contributed by atoms with Gasteiger partial charge in [-0.05, 0) is 42.6 Å². The molecule has 0 spiro atoms. The number of nitrogens with one attached hydrogen (secondary N) is 2. The van der Waals surface area contributed by atoms with Crippen molar-refractivity contribution in [1.82, 2.24) is 10.9 Å². The summed E-state index contributed by atoms with van der Waals surface area (Å²) in [4.78, 5) is 24.3. The highest BCUT2D eigenvalue weighted by Gasteiger charge is 2.55. The molecule has 3 aliphatic carbocycles. The molecule has 0 saturated heterocycles. The molecule has 3 aliphatic rings. The molecule has 0 aromatic heterocycles. The molecule has 0 radical (unpaired) electrons. The number of carbonyl (C=O) groups excluding carboxylic acids is 2. The summed E-state index contributed by atoms with van der Waals surface area (Å²) in [6, 6.07) is 10.1. The van der Waals surface area contributed by atoms with Crippen LogP contribution in [0.2, 0.25) is 0 Å². The third kappa shape index (κ3) is 2.51. The normalized spacial score (nSPS) is 35.2. The summed E-state index contributed by atoms with van der Waals surface area (Å²) in [5.74, 6) is 1.57. The number of hydrogen-bond acceptors (Lipinski definition) is 2. The Morgan fingerprint density at radius 2 is 1.55 bits per heavy atom. The van der Waals surface area contributed by atoms with E-state index in [0.29, 0.717) is 17.8 Å². The zero-order valence-corrected chi connectivity index (χ0v) is 12.6. The summed E-state index contributed by atoms with van der Waals surface area (Å²) >= 11 is 0. The number of hydrogen-bond donors (Lipinski definition) is 2. The van der Waals surface area contributed by atoms with Gasteiger partial charge in [-0.2, -0.15) is 0 Å². The number of rotatable bonds is 3. The van der Waals surface area contributed by atoms with Crippen LogP contribution in [0, 0.1) is 23.7 Å². The summed E-state index contributed by atoms with van der Waals surface area (Å²) < 4.78 is 0. The smallest absolute Gasteiger partial charge is 0.242 e. The van der Waals surface area contributed by atoms with Crippen molar-refractivity contribution in [2.45, 2.75) is 38.0 Å². The fourth-order valence-electron chi connectivity index (χ4n) is 4.23. The molecule has 3 saturated carbocycles.